The largest absolute Gasteiger partial charge is 0.466 e. The number of hydrogen-bond donors (Lipinski definition) is 1. The standard InChI is InChI=1S/C15H29NO4.ClH/c1-3-5-7-11-19-14(17)10-9-13(16)15(18)20-12-8-6-4-2;/h13H,3-12,16H2,1-2H3;1H/t13-;/m0./s1. The summed E-state index contributed by atoms with van der Waals surface area (Å²) in [6.07, 6.45) is 6.43. The van der Waals surface area contributed by atoms with Gasteiger partial charge in [0, 0.05) is 6.42 Å². The summed E-state index contributed by atoms with van der Waals surface area (Å²) in [6.45, 7) is 5.03. The van der Waals surface area contributed by atoms with Gasteiger partial charge >= 0.3 is 11.9 Å². The summed E-state index contributed by atoms with van der Waals surface area (Å²) >= 11 is 0. The lowest BCUT2D eigenvalue weighted by atomic mass is 10.2. The summed E-state index contributed by atoms with van der Waals surface area (Å²) in [7, 11) is 0. The van der Waals surface area contributed by atoms with Crippen molar-refractivity contribution in [2.75, 3.05) is 13.2 Å². The van der Waals surface area contributed by atoms with Crippen molar-refractivity contribution in [3.63, 3.8) is 0 Å². The maximum atomic E-state index is 11.5. The number of hydrogen-bond acceptors (Lipinski definition) is 5. The van der Waals surface area contributed by atoms with Gasteiger partial charge in [-0.25, -0.2) is 0 Å². The topological polar surface area (TPSA) is 78.6 Å². The highest BCUT2D eigenvalue weighted by molar-refractivity contribution is 5.85. The number of ether oxygens (including phenoxy) is 2. The van der Waals surface area contributed by atoms with Crippen LogP contribution >= 0.6 is 12.4 Å². The van der Waals surface area contributed by atoms with Crippen LogP contribution in [-0.2, 0) is 19.1 Å². The van der Waals surface area contributed by atoms with Gasteiger partial charge in [-0.15, -0.1) is 12.4 Å². The fourth-order valence-electron chi connectivity index (χ4n) is 1.63. The van der Waals surface area contributed by atoms with Crippen LogP contribution in [0.1, 0.15) is 65.2 Å². The minimum Gasteiger partial charge on any atom is -0.466 e. The van der Waals surface area contributed by atoms with Crippen LogP contribution in [0.5, 0.6) is 0 Å². The molecule has 0 radical (unpaired) electrons. The van der Waals surface area contributed by atoms with E-state index in [0.29, 0.717) is 13.2 Å². The first-order valence-corrected chi connectivity index (χ1v) is 7.69. The second-order valence-corrected chi connectivity index (χ2v) is 4.95. The third-order valence-electron chi connectivity index (χ3n) is 2.97. The Labute approximate surface area is 134 Å². The van der Waals surface area contributed by atoms with E-state index in [2.05, 4.69) is 13.8 Å². The van der Waals surface area contributed by atoms with Crippen molar-refractivity contribution >= 4 is 24.3 Å². The Bertz CT molecular complexity index is 274. The van der Waals surface area contributed by atoms with Crippen LogP contribution in [0.25, 0.3) is 0 Å². The zero-order valence-electron chi connectivity index (χ0n) is 13.3. The second-order valence-electron chi connectivity index (χ2n) is 4.95. The van der Waals surface area contributed by atoms with Gasteiger partial charge in [-0.3, -0.25) is 9.59 Å². The van der Waals surface area contributed by atoms with Crippen molar-refractivity contribution in [3.05, 3.63) is 0 Å². The van der Waals surface area contributed by atoms with Crippen molar-refractivity contribution in [1.29, 1.82) is 0 Å². The molecule has 0 heterocycles. The lowest BCUT2D eigenvalue weighted by Crippen LogP contribution is -2.33. The van der Waals surface area contributed by atoms with E-state index >= 15 is 0 Å². The molecule has 0 saturated heterocycles. The van der Waals surface area contributed by atoms with Crippen LogP contribution in [-0.4, -0.2) is 31.2 Å². The van der Waals surface area contributed by atoms with Gasteiger partial charge in [0.05, 0.1) is 13.2 Å². The molecule has 0 amide bonds. The molecular weight excluding hydrogens is 294 g/mol. The van der Waals surface area contributed by atoms with Gasteiger partial charge in [-0.05, 0) is 19.3 Å². The van der Waals surface area contributed by atoms with E-state index in [1.807, 2.05) is 0 Å². The van der Waals surface area contributed by atoms with Crippen molar-refractivity contribution in [1.82, 2.24) is 0 Å². The predicted molar refractivity (Wildman–Crippen MR) is 85.4 cm³/mol. The van der Waals surface area contributed by atoms with Crippen LogP contribution in [0.3, 0.4) is 0 Å². The molecule has 0 aromatic heterocycles. The van der Waals surface area contributed by atoms with Crippen LogP contribution in [0.15, 0.2) is 0 Å². The minimum absolute atomic E-state index is 0. The zero-order valence-corrected chi connectivity index (χ0v) is 14.1. The van der Waals surface area contributed by atoms with Crippen LogP contribution in [0, 0.1) is 0 Å². The average molecular weight is 324 g/mol. The number of unbranched alkanes of at least 4 members (excludes halogenated alkanes) is 4. The number of carbonyl (C=O) groups excluding carboxylic acids is 2. The molecule has 126 valence electrons. The summed E-state index contributed by atoms with van der Waals surface area (Å²) in [5.74, 6) is -0.727. The fraction of sp³-hybridized carbons (Fsp3) is 0.867. The number of nitrogens with two attached hydrogens (primary N) is 1. The average Bonchev–Trinajstić information content (AvgIpc) is 2.45. The van der Waals surface area contributed by atoms with Crippen molar-refractivity contribution in [2.24, 2.45) is 5.73 Å². The Hall–Kier alpha value is -0.810. The highest BCUT2D eigenvalue weighted by atomic mass is 35.5. The number of carbonyl (C=O) groups is 2. The van der Waals surface area contributed by atoms with Crippen LogP contribution in [0.2, 0.25) is 0 Å². The smallest absolute Gasteiger partial charge is 0.322 e. The van der Waals surface area contributed by atoms with E-state index < -0.39 is 12.0 Å². The molecule has 0 aromatic carbocycles. The van der Waals surface area contributed by atoms with Crippen molar-refractivity contribution < 1.29 is 19.1 Å². The molecule has 2 N–H and O–H groups in total. The number of rotatable bonds is 12. The monoisotopic (exact) mass is 323 g/mol. The molecule has 1 atom stereocenters. The summed E-state index contributed by atoms with van der Waals surface area (Å²) in [5.41, 5.74) is 5.67. The molecule has 6 heteroatoms. The fourth-order valence-corrected chi connectivity index (χ4v) is 1.63. The van der Waals surface area contributed by atoms with E-state index in [1.54, 1.807) is 0 Å². The number of esters is 2. The van der Waals surface area contributed by atoms with Gasteiger partial charge in [-0.2, -0.15) is 0 Å². The summed E-state index contributed by atoms with van der Waals surface area (Å²) < 4.78 is 10.1. The van der Waals surface area contributed by atoms with Gasteiger partial charge in [0.15, 0.2) is 0 Å². The first kappa shape index (κ1) is 22.5. The molecule has 0 aliphatic rings. The normalized spacial score (nSPS) is 11.4. The SMILES string of the molecule is CCCCCOC(=O)CC[C@H](N)C(=O)OCCCCC.Cl. The molecule has 0 saturated carbocycles. The molecule has 21 heavy (non-hydrogen) atoms. The molecule has 0 aromatic rings. The van der Waals surface area contributed by atoms with Gasteiger partial charge in [0.2, 0.25) is 0 Å². The minimum atomic E-state index is -0.736. The van der Waals surface area contributed by atoms with Gasteiger partial charge in [-0.1, -0.05) is 39.5 Å². The molecule has 0 aliphatic carbocycles. The molecule has 0 unspecified atom stereocenters. The van der Waals surface area contributed by atoms with E-state index in [0.717, 1.165) is 38.5 Å². The maximum absolute atomic E-state index is 11.5. The Morgan fingerprint density at radius 3 is 2.00 bits per heavy atom. The Morgan fingerprint density at radius 2 is 1.48 bits per heavy atom. The summed E-state index contributed by atoms with van der Waals surface area (Å²) in [6, 6.07) is -0.736. The van der Waals surface area contributed by atoms with Crippen molar-refractivity contribution in [2.45, 2.75) is 71.3 Å². The zero-order chi connectivity index (χ0) is 15.2. The van der Waals surface area contributed by atoms with E-state index in [1.165, 1.54) is 0 Å². The van der Waals surface area contributed by atoms with Crippen molar-refractivity contribution in [3.8, 4) is 0 Å². The molecule has 0 spiro atoms. The Morgan fingerprint density at radius 1 is 0.952 bits per heavy atom. The summed E-state index contributed by atoms with van der Waals surface area (Å²) in [5, 5.41) is 0. The van der Waals surface area contributed by atoms with Gasteiger partial charge in [0.1, 0.15) is 6.04 Å². The van der Waals surface area contributed by atoms with E-state index in [-0.39, 0.29) is 31.2 Å². The van der Waals surface area contributed by atoms with Crippen LogP contribution in [0.4, 0.5) is 0 Å². The predicted octanol–water partition coefficient (Wildman–Crippen LogP) is 2.98. The second kappa shape index (κ2) is 15.6. The molecule has 5 nitrogen and oxygen atoms in total. The quantitative estimate of drug-likeness (QED) is 0.441. The molecular formula is C15H30ClNO4. The lowest BCUT2D eigenvalue weighted by molar-refractivity contribution is -0.146. The third-order valence-corrected chi connectivity index (χ3v) is 2.97. The lowest BCUT2D eigenvalue weighted by Gasteiger charge is -2.11. The Kier molecular flexibility index (Phi) is 16.7. The Balaban J connectivity index is 0. The highest BCUT2D eigenvalue weighted by Crippen LogP contribution is 2.02. The molecule has 0 rings (SSSR count). The van der Waals surface area contributed by atoms with E-state index in [9.17, 15) is 9.59 Å². The van der Waals surface area contributed by atoms with Gasteiger partial charge < -0.3 is 15.2 Å². The van der Waals surface area contributed by atoms with Crippen LogP contribution < -0.4 is 5.73 Å². The molecule has 0 fully saturated rings. The van der Waals surface area contributed by atoms with E-state index in [4.69, 9.17) is 15.2 Å². The first-order valence-electron chi connectivity index (χ1n) is 7.69. The third kappa shape index (κ3) is 13.9. The number of halogens is 1. The summed E-state index contributed by atoms with van der Waals surface area (Å²) in [4.78, 5) is 22.9. The molecule has 0 bridgehead atoms. The highest BCUT2D eigenvalue weighted by Gasteiger charge is 2.16. The molecule has 0 aliphatic heterocycles. The first-order chi connectivity index (χ1) is 9.61. The van der Waals surface area contributed by atoms with Gasteiger partial charge in [0.25, 0.3) is 0 Å². The maximum Gasteiger partial charge on any atom is 0.322 e.